The molecule has 0 fully saturated rings. The molecule has 1 aromatic rings. The molecule has 0 bridgehead atoms. The summed E-state index contributed by atoms with van der Waals surface area (Å²) in [5.41, 5.74) is 5.63. The Labute approximate surface area is 101 Å². The van der Waals surface area contributed by atoms with Gasteiger partial charge in [-0.1, -0.05) is 11.6 Å². The van der Waals surface area contributed by atoms with Crippen molar-refractivity contribution in [2.24, 2.45) is 5.73 Å². The predicted octanol–water partition coefficient (Wildman–Crippen LogP) is 2.63. The van der Waals surface area contributed by atoms with Crippen molar-refractivity contribution in [3.8, 4) is 0 Å². The predicted molar refractivity (Wildman–Crippen MR) is 57.3 cm³/mol. The summed E-state index contributed by atoms with van der Waals surface area (Å²) in [6, 6.07) is 2.77. The molecule has 1 aromatic carbocycles. The van der Waals surface area contributed by atoms with Crippen LogP contribution in [0.2, 0.25) is 5.02 Å². The Morgan fingerprint density at radius 1 is 1.29 bits per heavy atom. The van der Waals surface area contributed by atoms with Crippen LogP contribution in [0, 0.1) is 5.82 Å². The molecular weight excluding hydrogens is 260 g/mol. The van der Waals surface area contributed by atoms with Crippen molar-refractivity contribution in [2.45, 2.75) is 12.2 Å². The third kappa shape index (κ3) is 4.89. The first-order valence-corrected chi connectivity index (χ1v) is 5.16. The third-order valence-corrected chi connectivity index (χ3v) is 2.29. The fourth-order valence-corrected chi connectivity index (χ4v) is 1.58. The van der Waals surface area contributed by atoms with Crippen LogP contribution in [0.15, 0.2) is 18.2 Å². The highest BCUT2D eigenvalue weighted by atomic mass is 35.5. The highest BCUT2D eigenvalue weighted by Crippen LogP contribution is 2.21. The Hall–Kier alpha value is -0.850. The first kappa shape index (κ1) is 14.2. The van der Waals surface area contributed by atoms with Crippen LogP contribution in [0.5, 0.6) is 0 Å². The lowest BCUT2D eigenvalue weighted by Crippen LogP contribution is -2.35. The van der Waals surface area contributed by atoms with E-state index in [1.165, 1.54) is 6.07 Å². The van der Waals surface area contributed by atoms with Crippen LogP contribution in [0.3, 0.4) is 0 Å². The van der Waals surface area contributed by atoms with E-state index < -0.39 is 24.6 Å². The van der Waals surface area contributed by atoms with Gasteiger partial charge < -0.3 is 11.1 Å². The van der Waals surface area contributed by atoms with Crippen molar-refractivity contribution < 1.29 is 17.6 Å². The molecule has 17 heavy (non-hydrogen) atoms. The lowest BCUT2D eigenvalue weighted by molar-refractivity contribution is -0.126. The maximum absolute atomic E-state index is 13.0. The SMILES string of the molecule is NCC(NCC(F)(F)F)c1cc(F)cc(Cl)c1. The number of rotatable bonds is 4. The summed E-state index contributed by atoms with van der Waals surface area (Å²) in [6.07, 6.45) is -4.34. The molecule has 0 aliphatic carbocycles. The van der Waals surface area contributed by atoms with Gasteiger partial charge >= 0.3 is 6.18 Å². The van der Waals surface area contributed by atoms with Crippen LogP contribution < -0.4 is 11.1 Å². The fraction of sp³-hybridized carbons (Fsp3) is 0.400. The molecule has 3 N–H and O–H groups in total. The van der Waals surface area contributed by atoms with Gasteiger partial charge in [0.15, 0.2) is 0 Å². The summed E-state index contributed by atoms with van der Waals surface area (Å²) in [6.45, 7) is -1.28. The lowest BCUT2D eigenvalue weighted by atomic mass is 10.1. The molecule has 96 valence electrons. The minimum Gasteiger partial charge on any atom is -0.329 e. The average Bonchev–Trinajstić information content (AvgIpc) is 2.15. The summed E-state index contributed by atoms with van der Waals surface area (Å²) in [5, 5.41) is 2.32. The molecule has 7 heteroatoms. The summed E-state index contributed by atoms with van der Waals surface area (Å²) in [5.74, 6) is -0.611. The molecule has 1 atom stereocenters. The Bertz CT molecular complexity index is 361. The van der Waals surface area contributed by atoms with E-state index in [1.54, 1.807) is 0 Å². The Balaban J connectivity index is 2.79. The summed E-state index contributed by atoms with van der Waals surface area (Å²) in [4.78, 5) is 0. The van der Waals surface area contributed by atoms with Gasteiger partial charge in [-0.2, -0.15) is 13.2 Å². The standard InChI is InChI=1S/C10H11ClF4N2/c11-7-1-6(2-8(12)3-7)9(4-16)17-5-10(13,14)15/h1-3,9,17H,4-5,16H2. The second-order valence-corrected chi connectivity index (χ2v) is 3.92. The largest absolute Gasteiger partial charge is 0.401 e. The fourth-order valence-electron chi connectivity index (χ4n) is 1.35. The van der Waals surface area contributed by atoms with Crippen LogP contribution in [-0.4, -0.2) is 19.3 Å². The maximum atomic E-state index is 13.0. The molecule has 0 amide bonds. The van der Waals surface area contributed by atoms with Crippen LogP contribution in [-0.2, 0) is 0 Å². The number of halogens is 5. The van der Waals surface area contributed by atoms with E-state index in [2.05, 4.69) is 5.32 Å². The van der Waals surface area contributed by atoms with Gasteiger partial charge in [0.2, 0.25) is 0 Å². The zero-order chi connectivity index (χ0) is 13.1. The normalized spacial score (nSPS) is 13.8. The van der Waals surface area contributed by atoms with Crippen LogP contribution >= 0.6 is 11.6 Å². The van der Waals surface area contributed by atoms with E-state index in [9.17, 15) is 17.6 Å². The molecule has 0 spiro atoms. The number of alkyl halides is 3. The quantitative estimate of drug-likeness (QED) is 0.826. The van der Waals surface area contributed by atoms with Gasteiger partial charge in [-0.25, -0.2) is 4.39 Å². The van der Waals surface area contributed by atoms with E-state index >= 15 is 0 Å². The van der Waals surface area contributed by atoms with Gasteiger partial charge in [0.1, 0.15) is 5.82 Å². The van der Waals surface area contributed by atoms with E-state index in [0.717, 1.165) is 12.1 Å². The van der Waals surface area contributed by atoms with Crippen molar-refractivity contribution in [3.63, 3.8) is 0 Å². The highest BCUT2D eigenvalue weighted by molar-refractivity contribution is 6.30. The summed E-state index contributed by atoms with van der Waals surface area (Å²) in [7, 11) is 0. The maximum Gasteiger partial charge on any atom is 0.401 e. The van der Waals surface area contributed by atoms with Crippen LogP contribution in [0.25, 0.3) is 0 Å². The smallest absolute Gasteiger partial charge is 0.329 e. The number of benzene rings is 1. The molecule has 0 radical (unpaired) electrons. The second kappa shape index (κ2) is 5.66. The van der Waals surface area contributed by atoms with Gasteiger partial charge in [-0.3, -0.25) is 0 Å². The molecule has 0 aliphatic heterocycles. The van der Waals surface area contributed by atoms with Gasteiger partial charge in [0.25, 0.3) is 0 Å². The molecular formula is C10H11ClF4N2. The van der Waals surface area contributed by atoms with Gasteiger partial charge in [0.05, 0.1) is 6.54 Å². The third-order valence-electron chi connectivity index (χ3n) is 2.07. The van der Waals surface area contributed by atoms with Crippen molar-refractivity contribution >= 4 is 11.6 Å². The van der Waals surface area contributed by atoms with Crippen LogP contribution in [0.1, 0.15) is 11.6 Å². The second-order valence-electron chi connectivity index (χ2n) is 3.49. The average molecular weight is 271 g/mol. The van der Waals surface area contributed by atoms with E-state index in [4.69, 9.17) is 17.3 Å². The van der Waals surface area contributed by atoms with E-state index in [1.807, 2.05) is 0 Å². The lowest BCUT2D eigenvalue weighted by Gasteiger charge is -2.18. The molecule has 0 aromatic heterocycles. The molecule has 0 saturated heterocycles. The zero-order valence-electron chi connectivity index (χ0n) is 8.69. The summed E-state index contributed by atoms with van der Waals surface area (Å²) < 4.78 is 49.1. The first-order valence-electron chi connectivity index (χ1n) is 4.78. The number of hydrogen-bond acceptors (Lipinski definition) is 2. The Morgan fingerprint density at radius 3 is 2.41 bits per heavy atom. The Kier molecular flexibility index (Phi) is 4.73. The summed E-state index contributed by atoms with van der Waals surface area (Å²) >= 11 is 5.61. The van der Waals surface area contributed by atoms with E-state index in [-0.39, 0.29) is 11.6 Å². The van der Waals surface area contributed by atoms with Gasteiger partial charge in [0, 0.05) is 17.6 Å². The monoisotopic (exact) mass is 270 g/mol. The van der Waals surface area contributed by atoms with Crippen molar-refractivity contribution in [3.05, 3.63) is 34.6 Å². The number of nitrogens with two attached hydrogens (primary N) is 1. The molecule has 1 rings (SSSR count). The topological polar surface area (TPSA) is 38.0 Å². The minimum atomic E-state index is -4.34. The molecule has 1 unspecified atom stereocenters. The van der Waals surface area contributed by atoms with Gasteiger partial charge in [-0.15, -0.1) is 0 Å². The molecule has 0 saturated carbocycles. The molecule has 0 heterocycles. The van der Waals surface area contributed by atoms with Crippen LogP contribution in [0.4, 0.5) is 17.6 Å². The molecule has 0 aliphatic rings. The molecule has 2 nitrogen and oxygen atoms in total. The minimum absolute atomic E-state index is 0.0874. The van der Waals surface area contributed by atoms with Gasteiger partial charge in [-0.05, 0) is 23.8 Å². The zero-order valence-corrected chi connectivity index (χ0v) is 9.45. The van der Waals surface area contributed by atoms with Crippen molar-refractivity contribution in [1.29, 1.82) is 0 Å². The van der Waals surface area contributed by atoms with E-state index in [0.29, 0.717) is 5.56 Å². The van der Waals surface area contributed by atoms with Crippen molar-refractivity contribution in [1.82, 2.24) is 5.32 Å². The number of hydrogen-bond donors (Lipinski definition) is 2. The first-order chi connectivity index (χ1) is 7.81. The Morgan fingerprint density at radius 2 is 1.94 bits per heavy atom. The number of nitrogens with one attached hydrogen (secondary N) is 1. The highest BCUT2D eigenvalue weighted by Gasteiger charge is 2.28. The van der Waals surface area contributed by atoms with Crippen molar-refractivity contribution in [2.75, 3.05) is 13.1 Å².